The lowest BCUT2D eigenvalue weighted by Crippen LogP contribution is -2.17. The standard InChI is InChI=1S/C29H26O2/c30-28(26-14-12-20-6-1-3-8-22(20)16-26)18-24-10-5-11-25(24)19-29(31)27-15-13-21-7-2-4-9-23(21)17-27/h1-4,6-9,12-17,24-25H,5,10-11,18-19H2/t24-,25+. The Hall–Kier alpha value is -3.26. The largest absolute Gasteiger partial charge is 0.294 e. The Balaban J connectivity index is 1.28. The van der Waals surface area contributed by atoms with Gasteiger partial charge in [0.15, 0.2) is 11.6 Å². The van der Waals surface area contributed by atoms with E-state index in [0.29, 0.717) is 24.7 Å². The Kier molecular flexibility index (Phi) is 5.38. The Bertz CT molecular complexity index is 1170. The number of ketones is 2. The van der Waals surface area contributed by atoms with E-state index in [1.807, 2.05) is 72.8 Å². The summed E-state index contributed by atoms with van der Waals surface area (Å²) in [6.45, 7) is 0. The molecule has 2 nitrogen and oxygen atoms in total. The molecule has 4 aromatic rings. The second-order valence-corrected chi connectivity index (χ2v) is 8.83. The van der Waals surface area contributed by atoms with Crippen LogP contribution >= 0.6 is 0 Å². The predicted molar refractivity (Wildman–Crippen MR) is 127 cm³/mol. The zero-order valence-corrected chi connectivity index (χ0v) is 17.6. The van der Waals surface area contributed by atoms with Gasteiger partial charge in [-0.3, -0.25) is 9.59 Å². The molecule has 1 fully saturated rings. The fourth-order valence-electron chi connectivity index (χ4n) is 5.09. The van der Waals surface area contributed by atoms with E-state index in [0.717, 1.165) is 51.9 Å². The summed E-state index contributed by atoms with van der Waals surface area (Å²) in [4.78, 5) is 26.0. The number of hydrogen-bond donors (Lipinski definition) is 0. The average molecular weight is 407 g/mol. The normalized spacial score (nSPS) is 18.5. The number of Topliss-reactive ketones (excluding diaryl/α,β-unsaturated/α-hetero) is 2. The molecule has 0 radical (unpaired) electrons. The van der Waals surface area contributed by atoms with E-state index in [9.17, 15) is 9.59 Å². The van der Waals surface area contributed by atoms with Crippen LogP contribution in [0.2, 0.25) is 0 Å². The Morgan fingerprint density at radius 1 is 0.581 bits per heavy atom. The van der Waals surface area contributed by atoms with Crippen LogP contribution in [-0.4, -0.2) is 11.6 Å². The van der Waals surface area contributed by atoms with E-state index in [2.05, 4.69) is 12.1 Å². The zero-order chi connectivity index (χ0) is 21.2. The van der Waals surface area contributed by atoms with Gasteiger partial charge < -0.3 is 0 Å². The highest BCUT2D eigenvalue weighted by Crippen LogP contribution is 2.38. The number of carbonyl (C=O) groups is 2. The topological polar surface area (TPSA) is 34.1 Å². The van der Waals surface area contributed by atoms with Crippen LogP contribution in [0.3, 0.4) is 0 Å². The highest BCUT2D eigenvalue weighted by molar-refractivity contribution is 6.01. The second kappa shape index (κ2) is 8.47. The minimum Gasteiger partial charge on any atom is -0.294 e. The van der Waals surface area contributed by atoms with Gasteiger partial charge in [0.1, 0.15) is 0 Å². The van der Waals surface area contributed by atoms with Crippen LogP contribution in [0.4, 0.5) is 0 Å². The summed E-state index contributed by atoms with van der Waals surface area (Å²) in [5.74, 6) is 0.980. The molecular formula is C29H26O2. The molecule has 1 aliphatic carbocycles. The van der Waals surface area contributed by atoms with Gasteiger partial charge in [-0.25, -0.2) is 0 Å². The number of rotatable bonds is 6. The number of benzene rings is 4. The molecule has 0 aliphatic heterocycles. The number of hydrogen-bond acceptors (Lipinski definition) is 2. The third-order valence-corrected chi connectivity index (χ3v) is 6.85. The van der Waals surface area contributed by atoms with Crippen LogP contribution in [0.5, 0.6) is 0 Å². The van der Waals surface area contributed by atoms with E-state index in [1.54, 1.807) is 0 Å². The first-order chi connectivity index (χ1) is 15.2. The molecule has 4 aromatic carbocycles. The quantitative estimate of drug-likeness (QED) is 0.316. The fraction of sp³-hybridized carbons (Fsp3) is 0.241. The predicted octanol–water partition coefficient (Wildman–Crippen LogP) is 7.26. The third-order valence-electron chi connectivity index (χ3n) is 6.85. The molecule has 5 rings (SSSR count). The molecule has 2 heteroatoms. The van der Waals surface area contributed by atoms with Gasteiger partial charge >= 0.3 is 0 Å². The molecule has 0 spiro atoms. The maximum absolute atomic E-state index is 13.0. The Morgan fingerprint density at radius 2 is 1.00 bits per heavy atom. The highest BCUT2D eigenvalue weighted by Gasteiger charge is 2.31. The average Bonchev–Trinajstić information content (AvgIpc) is 3.24. The van der Waals surface area contributed by atoms with Gasteiger partial charge in [-0.1, -0.05) is 79.2 Å². The van der Waals surface area contributed by atoms with Crippen LogP contribution in [0.1, 0.15) is 52.8 Å². The molecule has 1 aliphatic rings. The van der Waals surface area contributed by atoms with E-state index in [1.165, 1.54) is 0 Å². The van der Waals surface area contributed by atoms with Crippen molar-refractivity contribution in [1.82, 2.24) is 0 Å². The lowest BCUT2D eigenvalue weighted by atomic mass is 9.85. The van der Waals surface area contributed by atoms with Crippen LogP contribution in [0.25, 0.3) is 21.5 Å². The van der Waals surface area contributed by atoms with Crippen molar-refractivity contribution in [2.45, 2.75) is 32.1 Å². The van der Waals surface area contributed by atoms with Crippen molar-refractivity contribution < 1.29 is 9.59 Å². The smallest absolute Gasteiger partial charge is 0.163 e. The van der Waals surface area contributed by atoms with Crippen LogP contribution < -0.4 is 0 Å². The zero-order valence-electron chi connectivity index (χ0n) is 17.6. The first-order valence-electron chi connectivity index (χ1n) is 11.2. The molecule has 0 unspecified atom stereocenters. The van der Waals surface area contributed by atoms with E-state index in [4.69, 9.17) is 0 Å². The SMILES string of the molecule is O=C(C[C@H]1CCC[C@H]1CC(=O)c1ccc2ccccc2c1)c1ccc2ccccc2c1. The lowest BCUT2D eigenvalue weighted by molar-refractivity contribution is 0.0905. The van der Waals surface area contributed by atoms with Gasteiger partial charge in [-0.05, 0) is 58.4 Å². The summed E-state index contributed by atoms with van der Waals surface area (Å²) >= 11 is 0. The van der Waals surface area contributed by atoms with Crippen molar-refractivity contribution in [3.8, 4) is 0 Å². The first-order valence-corrected chi connectivity index (χ1v) is 11.2. The summed E-state index contributed by atoms with van der Waals surface area (Å²) in [7, 11) is 0. The number of carbonyl (C=O) groups excluding carboxylic acids is 2. The molecule has 154 valence electrons. The Labute approximate surface area is 182 Å². The molecule has 31 heavy (non-hydrogen) atoms. The minimum absolute atomic E-state index is 0.195. The van der Waals surface area contributed by atoms with Gasteiger partial charge in [0.05, 0.1) is 0 Å². The highest BCUT2D eigenvalue weighted by atomic mass is 16.1. The molecule has 0 heterocycles. The van der Waals surface area contributed by atoms with Gasteiger partial charge in [0.25, 0.3) is 0 Å². The summed E-state index contributed by atoms with van der Waals surface area (Å²) in [6, 6.07) is 28.2. The molecule has 0 aromatic heterocycles. The van der Waals surface area contributed by atoms with E-state index >= 15 is 0 Å². The van der Waals surface area contributed by atoms with E-state index < -0.39 is 0 Å². The van der Waals surface area contributed by atoms with Crippen molar-refractivity contribution in [1.29, 1.82) is 0 Å². The third kappa shape index (κ3) is 4.16. The number of fused-ring (bicyclic) bond motifs is 2. The molecule has 1 saturated carbocycles. The van der Waals surface area contributed by atoms with Crippen molar-refractivity contribution in [3.05, 3.63) is 96.1 Å². The summed E-state index contributed by atoms with van der Waals surface area (Å²) in [6.07, 6.45) is 4.25. The van der Waals surface area contributed by atoms with Gasteiger partial charge in [0.2, 0.25) is 0 Å². The van der Waals surface area contributed by atoms with Crippen LogP contribution in [0, 0.1) is 11.8 Å². The van der Waals surface area contributed by atoms with Gasteiger partial charge in [0, 0.05) is 24.0 Å². The van der Waals surface area contributed by atoms with E-state index in [-0.39, 0.29) is 11.6 Å². The molecule has 0 bridgehead atoms. The van der Waals surface area contributed by atoms with Gasteiger partial charge in [-0.15, -0.1) is 0 Å². The fourth-order valence-corrected chi connectivity index (χ4v) is 5.09. The maximum atomic E-state index is 13.0. The second-order valence-electron chi connectivity index (χ2n) is 8.83. The summed E-state index contributed by atoms with van der Waals surface area (Å²) in [5, 5.41) is 4.50. The minimum atomic E-state index is 0.195. The monoisotopic (exact) mass is 406 g/mol. The van der Waals surface area contributed by atoms with Crippen LogP contribution in [-0.2, 0) is 0 Å². The molecular weight excluding hydrogens is 380 g/mol. The summed E-state index contributed by atoms with van der Waals surface area (Å²) < 4.78 is 0. The maximum Gasteiger partial charge on any atom is 0.163 e. The van der Waals surface area contributed by atoms with Crippen molar-refractivity contribution in [2.75, 3.05) is 0 Å². The molecule has 0 N–H and O–H groups in total. The van der Waals surface area contributed by atoms with Crippen molar-refractivity contribution >= 4 is 33.1 Å². The van der Waals surface area contributed by atoms with Crippen LogP contribution in [0.15, 0.2) is 84.9 Å². The van der Waals surface area contributed by atoms with Crippen molar-refractivity contribution in [2.24, 2.45) is 11.8 Å². The molecule has 0 amide bonds. The van der Waals surface area contributed by atoms with Gasteiger partial charge in [-0.2, -0.15) is 0 Å². The van der Waals surface area contributed by atoms with Crippen molar-refractivity contribution in [3.63, 3.8) is 0 Å². The lowest BCUT2D eigenvalue weighted by Gasteiger charge is -2.18. The molecule has 2 atom stereocenters. The summed E-state index contributed by atoms with van der Waals surface area (Å²) in [5.41, 5.74) is 1.57. The molecule has 0 saturated heterocycles. The first kappa shape index (κ1) is 19.7. The Morgan fingerprint density at radius 3 is 1.45 bits per heavy atom.